The topological polar surface area (TPSA) is 79.2 Å². The van der Waals surface area contributed by atoms with Crippen molar-refractivity contribution in [3.05, 3.63) is 29.3 Å². The summed E-state index contributed by atoms with van der Waals surface area (Å²) in [6.45, 7) is 8.98. The molecule has 0 saturated heterocycles. The van der Waals surface area contributed by atoms with Crippen LogP contribution >= 0.6 is 0 Å². The molecule has 0 spiro atoms. The highest BCUT2D eigenvalue weighted by molar-refractivity contribution is 5.43. The van der Waals surface area contributed by atoms with Crippen molar-refractivity contribution in [1.82, 2.24) is 0 Å². The normalized spacial score (nSPS) is 26.5. The van der Waals surface area contributed by atoms with Gasteiger partial charge in [-0.3, -0.25) is 0 Å². The standard InChI is InChI=1S/C28H46O5/c1-5-6-7-10-21(29)12-13-22-23-14-19-9-8-11-26(24(19)15-20(23)16-25(22)30)32-17-27(31)33-18-28(2,3)4/h8-9,11,20-23,25,27,29-31H,5-7,10,12-18H2,1-4H3/t20-,21-,22+,23-,25+,27?/m0/s1. The SMILES string of the molecule is CCCCC[C@H](O)CC[C@@H]1[C@H]2Cc3cccc(OCC(O)OCC(C)(C)C)c3C[C@H]2C[C@H]1O. The van der Waals surface area contributed by atoms with Gasteiger partial charge in [0, 0.05) is 0 Å². The summed E-state index contributed by atoms with van der Waals surface area (Å²) in [5, 5.41) is 31.4. The summed E-state index contributed by atoms with van der Waals surface area (Å²) < 4.78 is 11.5. The van der Waals surface area contributed by atoms with E-state index in [-0.39, 0.29) is 30.1 Å². The first-order valence-corrected chi connectivity index (χ1v) is 13.1. The monoisotopic (exact) mass is 462 g/mol. The molecule has 1 saturated carbocycles. The minimum Gasteiger partial charge on any atom is -0.488 e. The van der Waals surface area contributed by atoms with Crippen LogP contribution in [0, 0.1) is 23.2 Å². The molecule has 1 aromatic rings. The fourth-order valence-corrected chi connectivity index (χ4v) is 5.65. The van der Waals surface area contributed by atoms with Crippen molar-refractivity contribution in [2.24, 2.45) is 23.2 Å². The molecule has 188 valence electrons. The molecule has 1 unspecified atom stereocenters. The largest absolute Gasteiger partial charge is 0.488 e. The van der Waals surface area contributed by atoms with Crippen LogP contribution in [0.5, 0.6) is 5.75 Å². The molecule has 33 heavy (non-hydrogen) atoms. The maximum atomic E-state index is 10.8. The van der Waals surface area contributed by atoms with E-state index < -0.39 is 6.29 Å². The summed E-state index contributed by atoms with van der Waals surface area (Å²) in [6, 6.07) is 6.17. The molecule has 2 aliphatic carbocycles. The first-order chi connectivity index (χ1) is 15.7. The van der Waals surface area contributed by atoms with Gasteiger partial charge in [0.15, 0.2) is 6.29 Å². The highest BCUT2D eigenvalue weighted by Gasteiger charge is 2.44. The predicted molar refractivity (Wildman–Crippen MR) is 131 cm³/mol. The molecular formula is C28H46O5. The van der Waals surface area contributed by atoms with Gasteiger partial charge in [0.1, 0.15) is 12.4 Å². The van der Waals surface area contributed by atoms with Crippen LogP contribution < -0.4 is 4.74 Å². The Balaban J connectivity index is 1.57. The van der Waals surface area contributed by atoms with E-state index in [0.29, 0.717) is 18.4 Å². The van der Waals surface area contributed by atoms with Crippen LogP contribution in [0.25, 0.3) is 0 Å². The molecule has 0 aliphatic heterocycles. The van der Waals surface area contributed by atoms with Gasteiger partial charge in [-0.15, -0.1) is 0 Å². The lowest BCUT2D eigenvalue weighted by Gasteiger charge is -2.32. The van der Waals surface area contributed by atoms with Crippen molar-refractivity contribution in [2.45, 2.75) is 104 Å². The van der Waals surface area contributed by atoms with Gasteiger partial charge < -0.3 is 24.8 Å². The third-order valence-corrected chi connectivity index (χ3v) is 7.41. The molecule has 0 radical (unpaired) electrons. The van der Waals surface area contributed by atoms with E-state index in [0.717, 1.165) is 50.7 Å². The van der Waals surface area contributed by atoms with E-state index in [1.54, 1.807) is 0 Å². The second kappa shape index (κ2) is 12.0. The summed E-state index contributed by atoms with van der Waals surface area (Å²) >= 11 is 0. The third-order valence-electron chi connectivity index (χ3n) is 7.41. The smallest absolute Gasteiger partial charge is 0.189 e. The Kier molecular flexibility index (Phi) is 9.63. The first-order valence-electron chi connectivity index (χ1n) is 13.1. The number of ether oxygens (including phenoxy) is 2. The fraction of sp³-hybridized carbons (Fsp3) is 0.786. The van der Waals surface area contributed by atoms with Gasteiger partial charge in [0.25, 0.3) is 0 Å². The van der Waals surface area contributed by atoms with E-state index in [9.17, 15) is 15.3 Å². The van der Waals surface area contributed by atoms with Crippen molar-refractivity contribution in [3.63, 3.8) is 0 Å². The van der Waals surface area contributed by atoms with E-state index in [1.807, 2.05) is 12.1 Å². The molecule has 6 atom stereocenters. The molecule has 1 aromatic carbocycles. The molecule has 3 N–H and O–H groups in total. The van der Waals surface area contributed by atoms with Crippen LogP contribution in [-0.4, -0.2) is 47.0 Å². The summed E-state index contributed by atoms with van der Waals surface area (Å²) in [5.41, 5.74) is 2.50. The average molecular weight is 463 g/mol. The number of unbranched alkanes of at least 4 members (excludes halogenated alkanes) is 2. The average Bonchev–Trinajstić information content (AvgIpc) is 3.06. The Morgan fingerprint density at radius 3 is 2.61 bits per heavy atom. The molecule has 3 rings (SSSR count). The van der Waals surface area contributed by atoms with E-state index in [2.05, 4.69) is 33.8 Å². The lowest BCUT2D eigenvalue weighted by molar-refractivity contribution is -0.136. The van der Waals surface area contributed by atoms with E-state index in [1.165, 1.54) is 24.0 Å². The van der Waals surface area contributed by atoms with Crippen molar-refractivity contribution < 1.29 is 24.8 Å². The lowest BCUT2D eigenvalue weighted by Crippen LogP contribution is -2.29. The van der Waals surface area contributed by atoms with Gasteiger partial charge in [-0.25, -0.2) is 0 Å². The van der Waals surface area contributed by atoms with Crippen molar-refractivity contribution in [3.8, 4) is 5.75 Å². The zero-order valence-corrected chi connectivity index (χ0v) is 21.1. The molecule has 0 heterocycles. The molecule has 0 aromatic heterocycles. The quantitative estimate of drug-likeness (QED) is 0.305. The Hall–Kier alpha value is -1.14. The number of rotatable bonds is 12. The van der Waals surface area contributed by atoms with Crippen LogP contribution in [0.15, 0.2) is 18.2 Å². The molecule has 5 heteroatoms. The van der Waals surface area contributed by atoms with Crippen LogP contribution in [0.1, 0.15) is 83.8 Å². The van der Waals surface area contributed by atoms with Crippen LogP contribution in [0.4, 0.5) is 0 Å². The minimum atomic E-state index is -0.946. The number of aliphatic hydroxyl groups excluding tert-OH is 3. The summed E-state index contributed by atoms with van der Waals surface area (Å²) in [6.07, 6.45) is 7.21. The number of fused-ring (bicyclic) bond motifs is 2. The molecule has 0 bridgehead atoms. The number of benzene rings is 1. The van der Waals surface area contributed by atoms with E-state index in [4.69, 9.17) is 9.47 Å². The number of hydrogen-bond donors (Lipinski definition) is 3. The Morgan fingerprint density at radius 2 is 1.88 bits per heavy atom. The highest BCUT2D eigenvalue weighted by atomic mass is 16.6. The Bertz CT molecular complexity index is 727. The summed E-state index contributed by atoms with van der Waals surface area (Å²) in [7, 11) is 0. The third kappa shape index (κ3) is 7.68. The predicted octanol–water partition coefficient (Wildman–Crippen LogP) is 4.88. The molecule has 0 amide bonds. The second-order valence-electron chi connectivity index (χ2n) is 11.6. The molecule has 5 nitrogen and oxygen atoms in total. The zero-order chi connectivity index (χ0) is 24.0. The summed E-state index contributed by atoms with van der Waals surface area (Å²) in [4.78, 5) is 0. The molecule has 2 aliphatic rings. The fourth-order valence-electron chi connectivity index (χ4n) is 5.65. The summed E-state index contributed by atoms with van der Waals surface area (Å²) in [5.74, 6) is 2.00. The van der Waals surface area contributed by atoms with Crippen LogP contribution in [0.2, 0.25) is 0 Å². The number of hydrogen-bond acceptors (Lipinski definition) is 5. The van der Waals surface area contributed by atoms with Crippen molar-refractivity contribution >= 4 is 0 Å². The lowest BCUT2D eigenvalue weighted by atomic mass is 9.73. The maximum Gasteiger partial charge on any atom is 0.189 e. The second-order valence-corrected chi connectivity index (χ2v) is 11.6. The minimum absolute atomic E-state index is 0.00664. The Morgan fingerprint density at radius 1 is 1.09 bits per heavy atom. The molecular weight excluding hydrogens is 416 g/mol. The van der Waals surface area contributed by atoms with Gasteiger partial charge >= 0.3 is 0 Å². The van der Waals surface area contributed by atoms with Crippen LogP contribution in [0.3, 0.4) is 0 Å². The van der Waals surface area contributed by atoms with Gasteiger partial charge in [-0.05, 0) is 78.9 Å². The van der Waals surface area contributed by atoms with Gasteiger partial charge in [0.05, 0.1) is 18.8 Å². The van der Waals surface area contributed by atoms with Gasteiger partial charge in [-0.1, -0.05) is 59.1 Å². The van der Waals surface area contributed by atoms with Crippen molar-refractivity contribution in [2.75, 3.05) is 13.2 Å². The van der Waals surface area contributed by atoms with Gasteiger partial charge in [-0.2, -0.15) is 0 Å². The maximum absolute atomic E-state index is 10.8. The van der Waals surface area contributed by atoms with Crippen molar-refractivity contribution in [1.29, 1.82) is 0 Å². The zero-order valence-electron chi connectivity index (χ0n) is 21.1. The first kappa shape index (κ1) is 26.5. The van der Waals surface area contributed by atoms with E-state index >= 15 is 0 Å². The number of aliphatic hydroxyl groups is 3. The Labute approximate surface area is 200 Å². The molecule has 1 fully saturated rings. The highest BCUT2D eigenvalue weighted by Crippen LogP contribution is 2.48. The van der Waals surface area contributed by atoms with Gasteiger partial charge in [0.2, 0.25) is 0 Å². The van der Waals surface area contributed by atoms with Crippen LogP contribution in [-0.2, 0) is 17.6 Å².